The number of imide groups is 1. The maximum Gasteiger partial charge on any atom is 0.268 e. The van der Waals surface area contributed by atoms with Gasteiger partial charge in [0.1, 0.15) is 0 Å². The average Bonchev–Trinajstić information content (AvgIpc) is 3.21. The minimum atomic E-state index is -0.430. The van der Waals surface area contributed by atoms with Crippen LogP contribution >= 0.6 is 0 Å². The van der Waals surface area contributed by atoms with Gasteiger partial charge in [-0.1, -0.05) is 12.1 Å². The number of aromatic nitrogens is 3. The van der Waals surface area contributed by atoms with Gasteiger partial charge in [-0.05, 0) is 24.3 Å². The Morgan fingerprint density at radius 1 is 1.00 bits per heavy atom. The summed E-state index contributed by atoms with van der Waals surface area (Å²) in [6, 6.07) is 10.0. The lowest BCUT2D eigenvalue weighted by Crippen LogP contribution is -2.30. The molecule has 0 saturated carbocycles. The van der Waals surface area contributed by atoms with E-state index in [1.54, 1.807) is 36.4 Å². The van der Waals surface area contributed by atoms with E-state index in [9.17, 15) is 9.59 Å². The lowest BCUT2D eigenvalue weighted by Gasteiger charge is -2.07. The summed E-state index contributed by atoms with van der Waals surface area (Å²) in [4.78, 5) is 29.7. The number of H-pyrrole nitrogens is 1. The summed E-state index contributed by atoms with van der Waals surface area (Å²) in [7, 11) is 0. The normalized spacial score (nSPS) is 13.8. The van der Waals surface area contributed by atoms with E-state index >= 15 is 0 Å². The zero-order valence-corrected chi connectivity index (χ0v) is 10.6. The monoisotopic (exact) mass is 280 g/mol. The van der Waals surface area contributed by atoms with E-state index < -0.39 is 11.8 Å². The molecule has 7 heteroatoms. The van der Waals surface area contributed by atoms with Crippen molar-refractivity contribution in [2.45, 2.75) is 0 Å². The molecule has 0 bridgehead atoms. The Balaban J connectivity index is 1.76. The lowest BCUT2D eigenvalue weighted by molar-refractivity contribution is 0.0924. The van der Waals surface area contributed by atoms with E-state index in [-0.39, 0.29) is 5.95 Å². The number of carbonyl (C=O) groups excluding carboxylic acids is 2. The van der Waals surface area contributed by atoms with Gasteiger partial charge < -0.3 is 4.42 Å². The summed E-state index contributed by atoms with van der Waals surface area (Å²) < 4.78 is 5.19. The highest BCUT2D eigenvalue weighted by molar-refractivity contribution is 6.33. The van der Waals surface area contributed by atoms with Crippen molar-refractivity contribution < 1.29 is 14.0 Å². The molecule has 0 radical (unpaired) electrons. The first-order valence-corrected chi connectivity index (χ1v) is 6.20. The molecule has 2 aromatic heterocycles. The Labute approximate surface area is 118 Å². The van der Waals surface area contributed by atoms with Crippen molar-refractivity contribution in [2.75, 3.05) is 4.90 Å². The maximum atomic E-state index is 12.3. The Bertz CT molecular complexity index is 816. The first-order chi connectivity index (χ1) is 10.3. The molecule has 102 valence electrons. The van der Waals surface area contributed by atoms with Gasteiger partial charge in [-0.25, -0.2) is 4.90 Å². The van der Waals surface area contributed by atoms with Gasteiger partial charge in [0.25, 0.3) is 17.8 Å². The molecule has 0 atom stereocenters. The van der Waals surface area contributed by atoms with E-state index in [1.807, 2.05) is 0 Å². The van der Waals surface area contributed by atoms with E-state index in [1.165, 1.54) is 6.26 Å². The van der Waals surface area contributed by atoms with Crippen LogP contribution in [0.4, 0.5) is 5.95 Å². The number of furan rings is 1. The number of nitrogens with zero attached hydrogens (tertiary/aromatic N) is 3. The quantitative estimate of drug-likeness (QED) is 0.723. The molecule has 21 heavy (non-hydrogen) atoms. The number of nitrogens with one attached hydrogen (secondary N) is 1. The molecule has 0 saturated heterocycles. The van der Waals surface area contributed by atoms with Crippen molar-refractivity contribution in [3.05, 3.63) is 53.8 Å². The Morgan fingerprint density at radius 3 is 2.33 bits per heavy atom. The van der Waals surface area contributed by atoms with E-state index in [0.29, 0.717) is 22.7 Å². The molecule has 3 aromatic rings. The number of benzene rings is 1. The highest BCUT2D eigenvalue weighted by atomic mass is 16.3. The van der Waals surface area contributed by atoms with Crippen molar-refractivity contribution in [3.8, 4) is 11.6 Å². The van der Waals surface area contributed by atoms with Gasteiger partial charge in [0, 0.05) is 0 Å². The molecule has 0 aliphatic carbocycles. The third-order valence-corrected chi connectivity index (χ3v) is 3.22. The fraction of sp³-hybridized carbons (Fsp3) is 0. The number of aromatic amines is 1. The molecule has 1 aliphatic heterocycles. The van der Waals surface area contributed by atoms with Crippen molar-refractivity contribution in [1.29, 1.82) is 0 Å². The second-order valence-corrected chi connectivity index (χ2v) is 4.45. The highest BCUT2D eigenvalue weighted by Crippen LogP contribution is 2.27. The van der Waals surface area contributed by atoms with Crippen molar-refractivity contribution in [1.82, 2.24) is 15.2 Å². The number of rotatable bonds is 2. The van der Waals surface area contributed by atoms with E-state index in [4.69, 9.17) is 4.42 Å². The van der Waals surface area contributed by atoms with Crippen LogP contribution in [0.1, 0.15) is 20.7 Å². The summed E-state index contributed by atoms with van der Waals surface area (Å²) in [5.41, 5.74) is 0.707. The van der Waals surface area contributed by atoms with Crippen LogP contribution in [-0.4, -0.2) is 27.0 Å². The zero-order valence-electron chi connectivity index (χ0n) is 10.6. The van der Waals surface area contributed by atoms with Crippen LogP contribution < -0.4 is 4.90 Å². The molecule has 7 nitrogen and oxygen atoms in total. The lowest BCUT2D eigenvalue weighted by atomic mass is 10.1. The Hall–Kier alpha value is -3.22. The predicted octanol–water partition coefficient (Wildman–Crippen LogP) is 1.87. The minimum absolute atomic E-state index is 0.00704. The summed E-state index contributed by atoms with van der Waals surface area (Å²) in [5.74, 6) is -0.0225. The van der Waals surface area contributed by atoms with Crippen LogP contribution in [0.15, 0.2) is 47.1 Å². The average molecular weight is 280 g/mol. The van der Waals surface area contributed by atoms with Gasteiger partial charge in [-0.15, -0.1) is 5.10 Å². The topological polar surface area (TPSA) is 92.1 Å². The second kappa shape index (κ2) is 4.14. The first kappa shape index (κ1) is 11.6. The van der Waals surface area contributed by atoms with Crippen molar-refractivity contribution >= 4 is 17.8 Å². The summed E-state index contributed by atoms with van der Waals surface area (Å²) >= 11 is 0. The van der Waals surface area contributed by atoms with Crippen LogP contribution in [0.2, 0.25) is 0 Å². The summed E-state index contributed by atoms with van der Waals surface area (Å²) in [6.45, 7) is 0. The number of fused-ring (bicyclic) bond motifs is 1. The zero-order chi connectivity index (χ0) is 14.4. The molecule has 0 fully saturated rings. The van der Waals surface area contributed by atoms with Crippen molar-refractivity contribution in [2.24, 2.45) is 0 Å². The fourth-order valence-corrected chi connectivity index (χ4v) is 2.25. The smallest absolute Gasteiger partial charge is 0.268 e. The standard InChI is InChI=1S/C14H8N4O3/c19-12-8-4-1-2-5-9(8)13(20)18(12)14-15-11(16-17-14)10-6-3-7-21-10/h1-7H,(H,15,16,17). The molecule has 2 amide bonds. The third kappa shape index (κ3) is 1.61. The number of amides is 2. The fourth-order valence-electron chi connectivity index (χ4n) is 2.25. The first-order valence-electron chi connectivity index (χ1n) is 6.20. The molecular formula is C14H8N4O3. The maximum absolute atomic E-state index is 12.3. The van der Waals surface area contributed by atoms with Gasteiger partial charge in [0.2, 0.25) is 0 Å². The third-order valence-electron chi connectivity index (χ3n) is 3.22. The Kier molecular flexibility index (Phi) is 2.28. The number of anilines is 1. The second-order valence-electron chi connectivity index (χ2n) is 4.45. The molecule has 0 spiro atoms. The van der Waals surface area contributed by atoms with Crippen molar-refractivity contribution in [3.63, 3.8) is 0 Å². The summed E-state index contributed by atoms with van der Waals surface area (Å²) in [5, 5.41) is 6.58. The van der Waals surface area contributed by atoms with E-state index in [0.717, 1.165) is 4.90 Å². The molecule has 3 heterocycles. The molecule has 1 N–H and O–H groups in total. The SMILES string of the molecule is O=C1c2ccccc2C(=O)N1c1n[nH]c(-c2ccco2)n1. The molecule has 4 rings (SSSR count). The summed E-state index contributed by atoms with van der Waals surface area (Å²) in [6.07, 6.45) is 1.50. The van der Waals surface area contributed by atoms with Crippen LogP contribution in [-0.2, 0) is 0 Å². The number of hydrogen-bond acceptors (Lipinski definition) is 5. The van der Waals surface area contributed by atoms with Crippen LogP contribution in [0.25, 0.3) is 11.6 Å². The molecule has 0 unspecified atom stereocenters. The Morgan fingerprint density at radius 2 is 1.71 bits per heavy atom. The van der Waals surface area contributed by atoms with Crippen LogP contribution in [0, 0.1) is 0 Å². The number of hydrogen-bond donors (Lipinski definition) is 1. The van der Waals surface area contributed by atoms with Gasteiger partial charge in [-0.2, -0.15) is 4.98 Å². The van der Waals surface area contributed by atoms with Crippen LogP contribution in [0.5, 0.6) is 0 Å². The molecule has 1 aromatic carbocycles. The number of carbonyl (C=O) groups is 2. The van der Waals surface area contributed by atoms with Gasteiger partial charge in [-0.3, -0.25) is 14.7 Å². The van der Waals surface area contributed by atoms with Gasteiger partial charge in [0.05, 0.1) is 17.4 Å². The van der Waals surface area contributed by atoms with Crippen LogP contribution in [0.3, 0.4) is 0 Å². The minimum Gasteiger partial charge on any atom is -0.461 e. The van der Waals surface area contributed by atoms with Gasteiger partial charge in [0.15, 0.2) is 11.6 Å². The van der Waals surface area contributed by atoms with E-state index in [2.05, 4.69) is 15.2 Å². The van der Waals surface area contributed by atoms with Gasteiger partial charge >= 0.3 is 0 Å². The largest absolute Gasteiger partial charge is 0.461 e. The molecular weight excluding hydrogens is 272 g/mol. The predicted molar refractivity (Wildman–Crippen MR) is 71.7 cm³/mol. The molecule has 1 aliphatic rings. The highest BCUT2D eigenvalue weighted by Gasteiger charge is 2.38.